The molecular formula is C37H31B. The second-order valence-electron chi connectivity index (χ2n) is 10.2. The van der Waals surface area contributed by atoms with Crippen LogP contribution < -0.4 is 16.4 Å². The van der Waals surface area contributed by atoms with E-state index in [-0.39, 0.29) is 6.71 Å². The molecule has 0 fully saturated rings. The van der Waals surface area contributed by atoms with Crippen LogP contribution in [-0.2, 0) is 0 Å². The summed E-state index contributed by atoms with van der Waals surface area (Å²) in [5.74, 6) is 0. The fraction of sp³-hybridized carbons (Fsp3) is 0.0811. The van der Waals surface area contributed by atoms with E-state index in [4.69, 9.17) is 0 Å². The Hall–Kier alpha value is -4.36. The van der Waals surface area contributed by atoms with Gasteiger partial charge >= 0.3 is 0 Å². The van der Waals surface area contributed by atoms with Crippen molar-refractivity contribution in [3.63, 3.8) is 0 Å². The van der Waals surface area contributed by atoms with E-state index in [1.54, 1.807) is 0 Å². The Balaban J connectivity index is 1.37. The first-order valence-corrected chi connectivity index (χ1v) is 13.5. The Morgan fingerprint density at radius 1 is 0.447 bits per heavy atom. The van der Waals surface area contributed by atoms with Crippen molar-refractivity contribution < 1.29 is 0 Å². The molecule has 0 spiro atoms. The molecule has 182 valence electrons. The Morgan fingerprint density at radius 2 is 0.895 bits per heavy atom. The molecule has 0 unspecified atom stereocenters. The topological polar surface area (TPSA) is 0 Å². The summed E-state index contributed by atoms with van der Waals surface area (Å²) < 4.78 is 0. The first kappa shape index (κ1) is 24.0. The van der Waals surface area contributed by atoms with Crippen LogP contribution in [0.25, 0.3) is 27.8 Å². The smallest absolute Gasteiger partial charge is 0.0836 e. The van der Waals surface area contributed by atoms with Crippen molar-refractivity contribution in [2.45, 2.75) is 19.8 Å². The molecule has 0 atom stereocenters. The van der Waals surface area contributed by atoms with Gasteiger partial charge in [-0.15, -0.1) is 0 Å². The average Bonchev–Trinajstić information content (AvgIpc) is 3.00. The van der Waals surface area contributed by atoms with Gasteiger partial charge < -0.3 is 0 Å². The number of hydrogen-bond acceptors (Lipinski definition) is 0. The molecule has 0 N–H and O–H groups in total. The molecule has 0 saturated heterocycles. The standard InChI is InChI=1S/C37H31B/c1-28-12-14-31(15-13-28)34-20-26-37(27-21-34)38(35-22-16-32(17-23-35)29-8-4-2-5-9-29)36-24-18-33(19-25-36)30-10-6-3-7-11-30/h2,4-6,8-27H,3,7H2,1H3. The van der Waals surface area contributed by atoms with Gasteiger partial charge in [0.05, 0.1) is 0 Å². The lowest BCUT2D eigenvalue weighted by Gasteiger charge is -2.18. The van der Waals surface area contributed by atoms with E-state index >= 15 is 0 Å². The highest BCUT2D eigenvalue weighted by atomic mass is 14.1. The minimum Gasteiger partial charge on any atom is -0.0836 e. The average molecular weight is 486 g/mol. The number of benzene rings is 5. The third kappa shape index (κ3) is 5.19. The summed E-state index contributed by atoms with van der Waals surface area (Å²) in [5, 5.41) is 0. The van der Waals surface area contributed by atoms with E-state index in [2.05, 4.69) is 153 Å². The molecule has 38 heavy (non-hydrogen) atoms. The van der Waals surface area contributed by atoms with Crippen molar-refractivity contribution in [3.05, 3.63) is 157 Å². The van der Waals surface area contributed by atoms with Crippen LogP contribution >= 0.6 is 0 Å². The van der Waals surface area contributed by atoms with E-state index in [1.807, 2.05) is 0 Å². The maximum atomic E-state index is 2.35. The predicted octanol–water partition coefficient (Wildman–Crippen LogP) is 7.58. The number of hydrogen-bond donors (Lipinski definition) is 0. The van der Waals surface area contributed by atoms with Gasteiger partial charge in [-0.1, -0.05) is 168 Å². The van der Waals surface area contributed by atoms with Crippen molar-refractivity contribution in [3.8, 4) is 22.3 Å². The molecule has 0 saturated carbocycles. The quantitative estimate of drug-likeness (QED) is 0.217. The fourth-order valence-electron chi connectivity index (χ4n) is 5.39. The van der Waals surface area contributed by atoms with Gasteiger partial charge in [-0.2, -0.15) is 0 Å². The van der Waals surface area contributed by atoms with Crippen LogP contribution in [-0.4, -0.2) is 6.71 Å². The molecule has 0 nitrogen and oxygen atoms in total. The highest BCUT2D eigenvalue weighted by Gasteiger charge is 2.22. The summed E-state index contributed by atoms with van der Waals surface area (Å²) in [6.07, 6.45) is 9.13. The van der Waals surface area contributed by atoms with E-state index in [1.165, 1.54) is 55.3 Å². The van der Waals surface area contributed by atoms with Gasteiger partial charge in [-0.25, -0.2) is 0 Å². The zero-order valence-corrected chi connectivity index (χ0v) is 21.8. The SMILES string of the molecule is Cc1ccc(-c2ccc(B(c3ccc(C4=CCCC=C4)cc3)c3ccc(-c4ccccc4)cc3)cc2)cc1. The zero-order chi connectivity index (χ0) is 25.7. The van der Waals surface area contributed by atoms with Gasteiger partial charge in [0.1, 0.15) is 0 Å². The summed E-state index contributed by atoms with van der Waals surface area (Å²) in [6, 6.07) is 46.8. The van der Waals surface area contributed by atoms with Gasteiger partial charge in [0, 0.05) is 0 Å². The Kier molecular flexibility index (Phi) is 6.92. The van der Waals surface area contributed by atoms with Crippen molar-refractivity contribution >= 4 is 28.7 Å². The van der Waals surface area contributed by atoms with Crippen LogP contribution in [0.4, 0.5) is 0 Å². The largest absolute Gasteiger partial charge is 0.241 e. The van der Waals surface area contributed by atoms with E-state index in [0.717, 1.165) is 12.8 Å². The van der Waals surface area contributed by atoms with E-state index in [0.29, 0.717) is 0 Å². The highest BCUT2D eigenvalue weighted by Crippen LogP contribution is 2.22. The van der Waals surface area contributed by atoms with Gasteiger partial charge in [0.25, 0.3) is 0 Å². The molecule has 5 aromatic rings. The minimum absolute atomic E-state index is 0.164. The summed E-state index contributed by atoms with van der Waals surface area (Å²) in [6.45, 7) is 2.30. The van der Waals surface area contributed by atoms with Crippen molar-refractivity contribution in [1.29, 1.82) is 0 Å². The molecule has 0 bridgehead atoms. The first-order valence-electron chi connectivity index (χ1n) is 13.5. The molecule has 1 heteroatoms. The van der Waals surface area contributed by atoms with Crippen LogP contribution in [0.1, 0.15) is 24.0 Å². The predicted molar refractivity (Wildman–Crippen MR) is 166 cm³/mol. The Bertz CT molecular complexity index is 1560. The lowest BCUT2D eigenvalue weighted by molar-refractivity contribution is 1.04. The molecular weight excluding hydrogens is 455 g/mol. The highest BCUT2D eigenvalue weighted by molar-refractivity contribution is 6.95. The van der Waals surface area contributed by atoms with Crippen molar-refractivity contribution in [2.75, 3.05) is 0 Å². The molecule has 5 aromatic carbocycles. The monoisotopic (exact) mass is 486 g/mol. The van der Waals surface area contributed by atoms with Crippen LogP contribution in [0.5, 0.6) is 0 Å². The molecule has 0 radical (unpaired) electrons. The van der Waals surface area contributed by atoms with E-state index < -0.39 is 0 Å². The Morgan fingerprint density at radius 3 is 1.37 bits per heavy atom. The number of rotatable bonds is 6. The molecule has 0 aromatic heterocycles. The molecule has 1 aliphatic carbocycles. The van der Waals surface area contributed by atoms with Gasteiger partial charge in [-0.05, 0) is 53.2 Å². The van der Waals surface area contributed by atoms with Crippen molar-refractivity contribution in [2.24, 2.45) is 0 Å². The maximum absolute atomic E-state index is 2.35. The fourth-order valence-corrected chi connectivity index (χ4v) is 5.39. The molecule has 0 amide bonds. The van der Waals surface area contributed by atoms with Crippen LogP contribution in [0.2, 0.25) is 0 Å². The van der Waals surface area contributed by atoms with Crippen LogP contribution in [0, 0.1) is 6.92 Å². The second-order valence-corrected chi connectivity index (χ2v) is 10.2. The Labute approximate surface area is 227 Å². The second kappa shape index (κ2) is 10.9. The number of allylic oxidation sites excluding steroid dienone is 4. The normalized spacial score (nSPS) is 12.7. The molecule has 0 aliphatic heterocycles. The lowest BCUT2D eigenvalue weighted by Crippen LogP contribution is -2.51. The van der Waals surface area contributed by atoms with Crippen molar-refractivity contribution in [1.82, 2.24) is 0 Å². The zero-order valence-electron chi connectivity index (χ0n) is 21.8. The summed E-state index contributed by atoms with van der Waals surface area (Å²) in [4.78, 5) is 0. The molecule has 6 rings (SSSR count). The summed E-state index contributed by atoms with van der Waals surface area (Å²) in [7, 11) is 0. The third-order valence-corrected chi connectivity index (χ3v) is 7.55. The van der Waals surface area contributed by atoms with Crippen LogP contribution in [0.3, 0.4) is 0 Å². The van der Waals surface area contributed by atoms with Gasteiger partial charge in [0.2, 0.25) is 6.71 Å². The first-order chi connectivity index (χ1) is 18.7. The number of aryl methyl sites for hydroxylation is 1. The lowest BCUT2D eigenvalue weighted by atomic mass is 9.37. The molecule has 1 aliphatic rings. The molecule has 0 heterocycles. The summed E-state index contributed by atoms with van der Waals surface area (Å²) in [5.41, 5.74) is 12.8. The van der Waals surface area contributed by atoms with Crippen LogP contribution in [0.15, 0.2) is 146 Å². The van der Waals surface area contributed by atoms with E-state index in [9.17, 15) is 0 Å². The third-order valence-electron chi connectivity index (χ3n) is 7.55. The van der Waals surface area contributed by atoms with Gasteiger partial charge in [-0.3, -0.25) is 0 Å². The maximum Gasteiger partial charge on any atom is 0.241 e. The minimum atomic E-state index is 0.164. The van der Waals surface area contributed by atoms with Gasteiger partial charge in [0.15, 0.2) is 0 Å². The summed E-state index contributed by atoms with van der Waals surface area (Å²) >= 11 is 0.